The number of nitrogens with two attached hydrogens (primary N) is 1. The molecular formula is C13H22ClN. The van der Waals surface area contributed by atoms with Crippen molar-refractivity contribution in [2.75, 3.05) is 0 Å². The monoisotopic (exact) mass is 227 g/mol. The molecule has 0 aliphatic rings. The van der Waals surface area contributed by atoms with E-state index < -0.39 is 0 Å². The summed E-state index contributed by atoms with van der Waals surface area (Å²) in [4.78, 5) is 0. The van der Waals surface area contributed by atoms with Gasteiger partial charge in [-0.1, -0.05) is 50.1 Å². The van der Waals surface area contributed by atoms with Gasteiger partial charge in [-0.05, 0) is 31.9 Å². The van der Waals surface area contributed by atoms with Gasteiger partial charge in [0.1, 0.15) is 0 Å². The Bertz CT molecular complexity index is 251. The van der Waals surface area contributed by atoms with Crippen LogP contribution < -0.4 is 5.73 Å². The minimum atomic E-state index is 0.00868. The molecule has 1 unspecified atom stereocenters. The van der Waals surface area contributed by atoms with Crippen LogP contribution in [0.5, 0.6) is 0 Å². The van der Waals surface area contributed by atoms with Gasteiger partial charge in [0.25, 0.3) is 0 Å². The van der Waals surface area contributed by atoms with Crippen LogP contribution in [0, 0.1) is 5.92 Å². The molecule has 1 nitrogen and oxygen atoms in total. The molecule has 1 aromatic rings. The van der Waals surface area contributed by atoms with E-state index in [4.69, 9.17) is 17.3 Å². The predicted molar refractivity (Wildman–Crippen MR) is 69.2 cm³/mol. The van der Waals surface area contributed by atoms with E-state index in [2.05, 4.69) is 27.7 Å². The molecule has 15 heavy (non-hydrogen) atoms. The van der Waals surface area contributed by atoms with Gasteiger partial charge in [-0.15, -0.1) is 0 Å². The van der Waals surface area contributed by atoms with Gasteiger partial charge in [0.05, 0.1) is 0 Å². The van der Waals surface area contributed by atoms with Crippen LogP contribution in [0.2, 0.25) is 5.02 Å². The highest BCUT2D eigenvalue weighted by molar-refractivity contribution is 6.30. The zero-order valence-electron chi connectivity index (χ0n) is 10.1. The van der Waals surface area contributed by atoms with Crippen LogP contribution in [-0.4, -0.2) is 5.54 Å². The van der Waals surface area contributed by atoms with Gasteiger partial charge >= 0.3 is 0 Å². The minimum absolute atomic E-state index is 0.00868. The Morgan fingerprint density at radius 3 is 1.87 bits per heavy atom. The van der Waals surface area contributed by atoms with Crippen molar-refractivity contribution in [3.63, 3.8) is 0 Å². The quantitative estimate of drug-likeness (QED) is 0.809. The van der Waals surface area contributed by atoms with Gasteiger partial charge < -0.3 is 5.73 Å². The van der Waals surface area contributed by atoms with Crippen molar-refractivity contribution in [1.29, 1.82) is 0 Å². The van der Waals surface area contributed by atoms with E-state index >= 15 is 0 Å². The van der Waals surface area contributed by atoms with E-state index in [9.17, 15) is 0 Å². The molecule has 0 saturated carbocycles. The molecule has 0 bridgehead atoms. The fourth-order valence-corrected chi connectivity index (χ4v) is 1.09. The highest BCUT2D eigenvalue weighted by Gasteiger charge is 2.17. The lowest BCUT2D eigenvalue weighted by molar-refractivity contribution is 0.337. The van der Waals surface area contributed by atoms with Gasteiger partial charge in [-0.25, -0.2) is 0 Å². The van der Waals surface area contributed by atoms with Crippen LogP contribution in [0.1, 0.15) is 34.1 Å². The first-order valence-corrected chi connectivity index (χ1v) is 5.75. The first-order valence-electron chi connectivity index (χ1n) is 5.37. The van der Waals surface area contributed by atoms with Gasteiger partial charge in [-0.3, -0.25) is 0 Å². The maximum Gasteiger partial charge on any atom is 0.0405 e. The molecule has 0 heterocycles. The fourth-order valence-electron chi connectivity index (χ4n) is 0.941. The lowest BCUT2D eigenvalue weighted by Crippen LogP contribution is -2.38. The second-order valence-electron chi connectivity index (χ2n) is 4.43. The lowest BCUT2D eigenvalue weighted by atomic mass is 9.88. The van der Waals surface area contributed by atoms with E-state index in [1.807, 2.05) is 30.3 Å². The molecule has 0 aliphatic carbocycles. The van der Waals surface area contributed by atoms with E-state index in [0.29, 0.717) is 5.92 Å². The Morgan fingerprint density at radius 1 is 1.27 bits per heavy atom. The summed E-state index contributed by atoms with van der Waals surface area (Å²) in [5, 5.41) is 0.794. The molecule has 2 heteroatoms. The molecule has 1 atom stereocenters. The molecule has 0 saturated heterocycles. The first-order chi connectivity index (χ1) is 6.88. The molecule has 1 aromatic carbocycles. The van der Waals surface area contributed by atoms with E-state index in [0.717, 1.165) is 5.02 Å². The molecule has 2 N–H and O–H groups in total. The van der Waals surface area contributed by atoms with Crippen LogP contribution in [0.4, 0.5) is 0 Å². The first kappa shape index (κ1) is 14.5. The van der Waals surface area contributed by atoms with Crippen molar-refractivity contribution in [3.8, 4) is 0 Å². The second kappa shape index (κ2) is 6.86. The minimum Gasteiger partial charge on any atom is -0.325 e. The highest BCUT2D eigenvalue weighted by Crippen LogP contribution is 2.15. The molecule has 0 aromatic heterocycles. The van der Waals surface area contributed by atoms with Crippen LogP contribution in [0.25, 0.3) is 0 Å². The Hall–Kier alpha value is -0.530. The van der Waals surface area contributed by atoms with Gasteiger partial charge in [0, 0.05) is 10.6 Å². The maximum atomic E-state index is 5.79. The summed E-state index contributed by atoms with van der Waals surface area (Å²) >= 11 is 5.54. The summed E-state index contributed by atoms with van der Waals surface area (Å²) in [7, 11) is 0. The van der Waals surface area contributed by atoms with Crippen molar-refractivity contribution < 1.29 is 0 Å². The Morgan fingerprint density at radius 2 is 1.73 bits per heavy atom. The van der Waals surface area contributed by atoms with Crippen LogP contribution in [0.15, 0.2) is 30.3 Å². The third-order valence-electron chi connectivity index (χ3n) is 2.62. The Kier molecular flexibility index (Phi) is 6.62. The van der Waals surface area contributed by atoms with E-state index in [1.165, 1.54) is 6.42 Å². The molecule has 1 rings (SSSR count). The van der Waals surface area contributed by atoms with Crippen molar-refractivity contribution in [1.82, 2.24) is 0 Å². The predicted octanol–water partition coefficient (Wildman–Crippen LogP) is 4.11. The average Bonchev–Trinajstić information content (AvgIpc) is 2.17. The Labute approximate surface area is 98.6 Å². The highest BCUT2D eigenvalue weighted by atomic mass is 35.5. The standard InChI is InChI=1S/C7H17N.C6H5Cl/c1-5-6(2)7(3,4)8;7-6-4-2-1-3-5-6/h6H,5,8H2,1-4H3;1-5H. The maximum absolute atomic E-state index is 5.79. The second-order valence-corrected chi connectivity index (χ2v) is 4.86. The molecule has 0 radical (unpaired) electrons. The number of rotatable bonds is 2. The van der Waals surface area contributed by atoms with Gasteiger partial charge in [0.2, 0.25) is 0 Å². The SMILES string of the molecule is CCC(C)C(C)(C)N.Clc1ccccc1. The van der Waals surface area contributed by atoms with Crippen LogP contribution in [0.3, 0.4) is 0 Å². The summed E-state index contributed by atoms with van der Waals surface area (Å²) in [6.45, 7) is 8.49. The molecule has 0 aliphatic heterocycles. The van der Waals surface area contributed by atoms with Gasteiger partial charge in [0.15, 0.2) is 0 Å². The van der Waals surface area contributed by atoms with E-state index in [-0.39, 0.29) is 5.54 Å². The van der Waals surface area contributed by atoms with Crippen molar-refractivity contribution in [3.05, 3.63) is 35.4 Å². The van der Waals surface area contributed by atoms with Crippen LogP contribution >= 0.6 is 11.6 Å². The summed E-state index contributed by atoms with van der Waals surface area (Å²) in [6, 6.07) is 9.44. The van der Waals surface area contributed by atoms with Crippen molar-refractivity contribution in [2.24, 2.45) is 11.7 Å². The molecule has 0 fully saturated rings. The number of benzene rings is 1. The van der Waals surface area contributed by atoms with Crippen molar-refractivity contribution in [2.45, 2.75) is 39.7 Å². The molecule has 86 valence electrons. The average molecular weight is 228 g/mol. The topological polar surface area (TPSA) is 26.0 Å². The summed E-state index contributed by atoms with van der Waals surface area (Å²) < 4.78 is 0. The number of hydrogen-bond acceptors (Lipinski definition) is 1. The summed E-state index contributed by atoms with van der Waals surface area (Å²) in [5.41, 5.74) is 5.80. The van der Waals surface area contributed by atoms with Crippen molar-refractivity contribution >= 4 is 11.6 Å². The zero-order chi connectivity index (χ0) is 11.9. The molecule has 0 spiro atoms. The summed E-state index contributed by atoms with van der Waals surface area (Å²) in [6.07, 6.45) is 1.17. The smallest absolute Gasteiger partial charge is 0.0405 e. The number of hydrogen-bond donors (Lipinski definition) is 1. The largest absolute Gasteiger partial charge is 0.325 e. The molecule has 0 amide bonds. The zero-order valence-corrected chi connectivity index (χ0v) is 10.9. The lowest BCUT2D eigenvalue weighted by Gasteiger charge is -2.25. The third kappa shape index (κ3) is 7.40. The third-order valence-corrected chi connectivity index (χ3v) is 2.87. The number of halogens is 1. The molecular weight excluding hydrogens is 206 g/mol. The fraction of sp³-hybridized carbons (Fsp3) is 0.538. The van der Waals surface area contributed by atoms with Gasteiger partial charge in [-0.2, -0.15) is 0 Å². The summed E-state index contributed by atoms with van der Waals surface area (Å²) in [5.74, 6) is 0.627. The van der Waals surface area contributed by atoms with E-state index in [1.54, 1.807) is 0 Å². The Balaban J connectivity index is 0.000000262. The normalized spacial score (nSPS) is 12.7. The van der Waals surface area contributed by atoms with Crippen LogP contribution in [-0.2, 0) is 0 Å².